The maximum Gasteiger partial charge on any atom is 0.341 e. The summed E-state index contributed by atoms with van der Waals surface area (Å²) in [5.41, 5.74) is 1.45. The molecule has 1 aromatic heterocycles. The first-order valence-electron chi connectivity index (χ1n) is 9.43. The molecule has 1 heterocycles. The van der Waals surface area contributed by atoms with Crippen LogP contribution in [-0.2, 0) is 27.6 Å². The number of methoxy groups -OCH3 is 1. The highest BCUT2D eigenvalue weighted by Gasteiger charge is 2.27. The number of anilines is 1. The lowest BCUT2D eigenvalue weighted by molar-refractivity contribution is 0.0601. The summed E-state index contributed by atoms with van der Waals surface area (Å²) >= 11 is 7.44. The number of esters is 1. The second-order valence-electron chi connectivity index (χ2n) is 7.15. The number of sulfonamides is 1. The van der Waals surface area contributed by atoms with Crippen molar-refractivity contribution in [3.8, 4) is 0 Å². The number of ether oxygens (including phenoxy) is 1. The van der Waals surface area contributed by atoms with E-state index in [0.717, 1.165) is 46.8 Å². The Labute approximate surface area is 185 Å². The molecule has 0 spiro atoms. The van der Waals surface area contributed by atoms with Gasteiger partial charge in [-0.1, -0.05) is 18.0 Å². The van der Waals surface area contributed by atoms with Gasteiger partial charge in [-0.05, 0) is 49.4 Å². The van der Waals surface area contributed by atoms with Gasteiger partial charge >= 0.3 is 5.97 Å². The lowest BCUT2D eigenvalue weighted by Crippen LogP contribution is -2.23. The van der Waals surface area contributed by atoms with Crippen molar-refractivity contribution in [2.24, 2.45) is 0 Å². The van der Waals surface area contributed by atoms with Gasteiger partial charge in [0.2, 0.25) is 10.0 Å². The number of rotatable bonds is 5. The zero-order chi connectivity index (χ0) is 22.1. The zero-order valence-electron chi connectivity index (χ0n) is 17.0. The first kappa shape index (κ1) is 22.7. The molecule has 10 heteroatoms. The van der Waals surface area contributed by atoms with Crippen molar-refractivity contribution in [3.05, 3.63) is 44.8 Å². The normalized spacial score (nSPS) is 14.2. The second-order valence-corrected chi connectivity index (χ2v) is 10.8. The van der Waals surface area contributed by atoms with Crippen molar-refractivity contribution in [2.75, 3.05) is 26.5 Å². The molecule has 0 bridgehead atoms. The maximum atomic E-state index is 12.9. The third kappa shape index (κ3) is 4.39. The summed E-state index contributed by atoms with van der Waals surface area (Å²) in [6.07, 6.45) is 4.72. The van der Waals surface area contributed by atoms with Crippen LogP contribution in [0, 0.1) is 0 Å². The number of hydrogen-bond donors (Lipinski definition) is 1. The number of carbonyl (C=O) groups is 2. The largest absolute Gasteiger partial charge is 0.465 e. The van der Waals surface area contributed by atoms with Gasteiger partial charge in [0.15, 0.2) is 0 Å². The molecule has 1 amide bonds. The molecule has 162 valence electrons. The van der Waals surface area contributed by atoms with Crippen LogP contribution in [0.5, 0.6) is 0 Å². The lowest BCUT2D eigenvalue weighted by Gasteiger charge is -2.14. The third-order valence-corrected chi connectivity index (χ3v) is 8.49. The SMILES string of the molecule is COC(=O)c1c(NC(=O)c2ccc(Cl)c(S(=O)(=O)N(C)C)c2)sc2c1CCCCC2. The van der Waals surface area contributed by atoms with Crippen LogP contribution in [0.2, 0.25) is 5.02 Å². The number of amides is 1. The Morgan fingerprint density at radius 3 is 2.53 bits per heavy atom. The molecule has 3 rings (SSSR count). The van der Waals surface area contributed by atoms with Gasteiger partial charge in [0.05, 0.1) is 17.7 Å². The number of halogens is 1. The fourth-order valence-corrected chi connectivity index (χ4v) is 6.03. The summed E-state index contributed by atoms with van der Waals surface area (Å²) in [5, 5.41) is 3.22. The number of fused-ring (bicyclic) bond motifs is 1. The summed E-state index contributed by atoms with van der Waals surface area (Å²) < 4.78 is 30.9. The smallest absolute Gasteiger partial charge is 0.341 e. The van der Waals surface area contributed by atoms with E-state index in [4.69, 9.17) is 16.3 Å². The summed E-state index contributed by atoms with van der Waals surface area (Å²) in [6.45, 7) is 0. The lowest BCUT2D eigenvalue weighted by atomic mass is 10.1. The molecule has 0 aliphatic heterocycles. The molecule has 1 N–H and O–H groups in total. The van der Waals surface area contributed by atoms with E-state index in [2.05, 4.69) is 5.32 Å². The topological polar surface area (TPSA) is 92.8 Å². The Balaban J connectivity index is 1.98. The minimum absolute atomic E-state index is 0.0262. The number of hydrogen-bond acceptors (Lipinski definition) is 6. The van der Waals surface area contributed by atoms with Crippen molar-refractivity contribution < 1.29 is 22.7 Å². The molecule has 0 atom stereocenters. The number of thiophene rings is 1. The predicted octanol–water partition coefficient (Wildman–Crippen LogP) is 3.96. The van der Waals surface area contributed by atoms with E-state index >= 15 is 0 Å². The Morgan fingerprint density at radius 2 is 1.87 bits per heavy atom. The number of carbonyl (C=O) groups excluding carboxylic acids is 2. The van der Waals surface area contributed by atoms with Gasteiger partial charge in [0.25, 0.3) is 5.91 Å². The Hall–Kier alpha value is -1.94. The van der Waals surface area contributed by atoms with Crippen LogP contribution >= 0.6 is 22.9 Å². The van der Waals surface area contributed by atoms with E-state index < -0.39 is 21.9 Å². The minimum atomic E-state index is -3.82. The zero-order valence-corrected chi connectivity index (χ0v) is 19.3. The second kappa shape index (κ2) is 9.05. The van der Waals surface area contributed by atoms with E-state index in [9.17, 15) is 18.0 Å². The Bertz CT molecular complexity index is 1090. The van der Waals surface area contributed by atoms with Gasteiger partial charge in [-0.25, -0.2) is 17.5 Å². The highest BCUT2D eigenvalue weighted by Crippen LogP contribution is 2.38. The molecule has 1 aliphatic rings. The fourth-order valence-electron chi connectivity index (χ4n) is 3.36. The van der Waals surface area contributed by atoms with Gasteiger partial charge in [0.1, 0.15) is 9.90 Å². The van der Waals surface area contributed by atoms with E-state index in [-0.39, 0.29) is 15.5 Å². The summed E-state index contributed by atoms with van der Waals surface area (Å²) in [4.78, 5) is 26.3. The molecule has 0 saturated heterocycles. The van der Waals surface area contributed by atoms with Crippen LogP contribution < -0.4 is 5.32 Å². The van der Waals surface area contributed by atoms with Gasteiger partial charge < -0.3 is 10.1 Å². The molecule has 30 heavy (non-hydrogen) atoms. The molecular formula is C20H23ClN2O5S2. The third-order valence-electron chi connectivity index (χ3n) is 4.99. The first-order valence-corrected chi connectivity index (χ1v) is 12.1. The van der Waals surface area contributed by atoms with E-state index in [0.29, 0.717) is 10.6 Å². The molecule has 1 aliphatic carbocycles. The highest BCUT2D eigenvalue weighted by molar-refractivity contribution is 7.89. The first-order chi connectivity index (χ1) is 14.2. The average Bonchev–Trinajstić information content (AvgIpc) is 2.87. The predicted molar refractivity (Wildman–Crippen MR) is 117 cm³/mol. The molecular weight excluding hydrogens is 448 g/mol. The monoisotopic (exact) mass is 470 g/mol. The minimum Gasteiger partial charge on any atom is -0.465 e. The fraction of sp³-hybridized carbons (Fsp3) is 0.400. The van der Waals surface area contributed by atoms with Gasteiger partial charge in [-0.15, -0.1) is 11.3 Å². The van der Waals surface area contributed by atoms with Crippen molar-refractivity contribution >= 4 is 49.8 Å². The summed E-state index contributed by atoms with van der Waals surface area (Å²) in [5.74, 6) is -1.01. The molecule has 1 aromatic carbocycles. The van der Waals surface area contributed by atoms with Crippen LogP contribution in [0.4, 0.5) is 5.00 Å². The highest BCUT2D eigenvalue weighted by atomic mass is 35.5. The molecule has 2 aromatic rings. The van der Waals surface area contributed by atoms with Crippen LogP contribution in [0.25, 0.3) is 0 Å². The standard InChI is InChI=1S/C20H23ClN2O5S2/c1-23(2)30(26,27)16-11-12(9-10-14(16)21)18(24)22-19-17(20(25)28-3)13-7-5-4-6-8-15(13)29-19/h9-11H,4-8H2,1-3H3,(H,22,24). The Kier molecular flexibility index (Phi) is 6.86. The van der Waals surface area contributed by atoms with Crippen LogP contribution in [0.3, 0.4) is 0 Å². The Morgan fingerprint density at radius 1 is 1.17 bits per heavy atom. The number of nitrogens with one attached hydrogen (secondary N) is 1. The van der Waals surface area contributed by atoms with Gasteiger partial charge in [0, 0.05) is 24.5 Å². The van der Waals surface area contributed by atoms with Crippen molar-refractivity contribution in [1.29, 1.82) is 0 Å². The van der Waals surface area contributed by atoms with Crippen molar-refractivity contribution in [2.45, 2.75) is 37.0 Å². The van der Waals surface area contributed by atoms with Crippen LogP contribution in [-0.4, -0.2) is 45.8 Å². The van der Waals surface area contributed by atoms with Gasteiger partial charge in [-0.3, -0.25) is 4.79 Å². The van der Waals surface area contributed by atoms with Gasteiger partial charge in [-0.2, -0.15) is 0 Å². The molecule has 0 saturated carbocycles. The van der Waals surface area contributed by atoms with Crippen LogP contribution in [0.1, 0.15) is 50.4 Å². The number of benzene rings is 1. The average molecular weight is 471 g/mol. The number of nitrogens with zero attached hydrogens (tertiary/aromatic N) is 1. The van der Waals surface area contributed by atoms with E-state index in [1.54, 1.807) is 0 Å². The summed E-state index contributed by atoms with van der Waals surface area (Å²) in [6, 6.07) is 4.06. The van der Waals surface area contributed by atoms with Crippen molar-refractivity contribution in [3.63, 3.8) is 0 Å². The molecule has 0 radical (unpaired) electrons. The quantitative estimate of drug-likeness (QED) is 0.527. The molecule has 7 nitrogen and oxygen atoms in total. The molecule has 0 fully saturated rings. The summed E-state index contributed by atoms with van der Waals surface area (Å²) in [7, 11) is 0.271. The van der Waals surface area contributed by atoms with Crippen molar-refractivity contribution in [1.82, 2.24) is 4.31 Å². The number of aryl methyl sites for hydroxylation is 1. The van der Waals surface area contributed by atoms with E-state index in [1.165, 1.54) is 50.7 Å². The molecule has 0 unspecified atom stereocenters. The maximum absolute atomic E-state index is 12.9. The van der Waals surface area contributed by atoms with Crippen LogP contribution in [0.15, 0.2) is 23.1 Å². The van der Waals surface area contributed by atoms with E-state index in [1.807, 2.05) is 0 Å².